The summed E-state index contributed by atoms with van der Waals surface area (Å²) < 4.78 is 2.45. The molecule has 0 bridgehead atoms. The molecule has 2 aromatic heterocycles. The Kier molecular flexibility index (Phi) is 3.56. The van der Waals surface area contributed by atoms with E-state index in [1.165, 1.54) is 30.7 Å². The summed E-state index contributed by atoms with van der Waals surface area (Å²) in [4.78, 5) is 24.8. The molecule has 120 valence electrons. The number of aromatic nitrogens is 4. The van der Waals surface area contributed by atoms with Gasteiger partial charge in [-0.1, -0.05) is 19.6 Å². The summed E-state index contributed by atoms with van der Waals surface area (Å²) in [5.41, 5.74) is 3.83. The van der Waals surface area contributed by atoms with E-state index < -0.39 is 0 Å². The van der Waals surface area contributed by atoms with Gasteiger partial charge in [0.2, 0.25) is 0 Å². The van der Waals surface area contributed by atoms with Crippen molar-refractivity contribution in [2.24, 2.45) is 19.2 Å². The summed E-state index contributed by atoms with van der Waals surface area (Å²) >= 11 is 1.38. The number of nitrogens with zero attached hydrogens (tertiary/aromatic N) is 8. The molecule has 11 heteroatoms. The van der Waals surface area contributed by atoms with Gasteiger partial charge in [-0.3, -0.25) is 0 Å². The summed E-state index contributed by atoms with van der Waals surface area (Å²) in [6.45, 7) is 0. The number of amides is 2. The molecule has 2 amide bonds. The average molecular weight is 334 g/mol. The van der Waals surface area contributed by atoms with Crippen molar-refractivity contribution in [2.75, 3.05) is 14.1 Å². The molecule has 0 N–H and O–H groups in total. The molecule has 2 aromatic rings. The average Bonchev–Trinajstić information content (AvgIpc) is 2.99. The first-order chi connectivity index (χ1) is 10.9. The molecular formula is C12H14N8O2S. The fraction of sp³-hybridized carbons (Fsp3) is 0.333. The van der Waals surface area contributed by atoms with Crippen LogP contribution in [0.3, 0.4) is 0 Å². The molecule has 10 nitrogen and oxygen atoms in total. The number of urea groups is 1. The number of thiophene rings is 1. The highest BCUT2D eigenvalue weighted by atomic mass is 32.1. The van der Waals surface area contributed by atoms with E-state index in [1.54, 1.807) is 28.2 Å². The van der Waals surface area contributed by atoms with E-state index in [2.05, 4.69) is 20.7 Å². The predicted octanol–water partition coefficient (Wildman–Crippen LogP) is -0.324. The zero-order chi connectivity index (χ0) is 16.7. The van der Waals surface area contributed by atoms with E-state index in [9.17, 15) is 9.59 Å². The number of rotatable bonds is 2. The number of carbonyl (C=O) groups is 1. The van der Waals surface area contributed by atoms with Gasteiger partial charge in [0.15, 0.2) is 0 Å². The summed E-state index contributed by atoms with van der Waals surface area (Å²) in [7, 11) is 6.27. The van der Waals surface area contributed by atoms with E-state index >= 15 is 0 Å². The molecule has 3 heterocycles. The third kappa shape index (κ3) is 2.65. The van der Waals surface area contributed by atoms with E-state index in [4.69, 9.17) is 0 Å². The minimum absolute atomic E-state index is 0.307. The Morgan fingerprint density at radius 1 is 1.17 bits per heavy atom. The highest BCUT2D eigenvalue weighted by molar-refractivity contribution is 7.17. The molecule has 0 spiro atoms. The number of hydrogen-bond acceptors (Lipinski definition) is 6. The van der Waals surface area contributed by atoms with Crippen molar-refractivity contribution < 1.29 is 9.48 Å². The summed E-state index contributed by atoms with van der Waals surface area (Å²) in [6, 6.07) is 3.35. The summed E-state index contributed by atoms with van der Waals surface area (Å²) in [5.74, 6) is 0.861. The number of carbonyl (C=O) groups excluding carboxylic acids is 1. The Morgan fingerprint density at radius 2 is 1.87 bits per heavy atom. The molecule has 0 aromatic carbocycles. The molecule has 0 radical (unpaired) electrons. The second-order valence-electron chi connectivity index (χ2n) is 4.87. The highest BCUT2D eigenvalue weighted by Crippen LogP contribution is 2.28. The predicted molar refractivity (Wildman–Crippen MR) is 82.6 cm³/mol. The van der Waals surface area contributed by atoms with E-state index in [-0.39, 0.29) is 11.7 Å². The second kappa shape index (κ2) is 5.43. The molecule has 1 aliphatic heterocycles. The first-order valence-corrected chi connectivity index (χ1v) is 7.42. The standard InChI is InChI=1S/C12H14N8O2S/c1-17-11(21)18(2)14-9(13-17)7-5-6-8(23-7)10-15-19(3)12(22)20(4)16-10/h5-6H,1-4H3. The van der Waals surface area contributed by atoms with Gasteiger partial charge in [0, 0.05) is 19.0 Å². The Balaban J connectivity index is 1.97. The number of hydrogen-bond donors (Lipinski definition) is 0. The van der Waals surface area contributed by atoms with Crippen LogP contribution in [-0.2, 0) is 14.1 Å². The summed E-state index contributed by atoms with van der Waals surface area (Å²) in [6.07, 6.45) is 0. The third-order valence-corrected chi connectivity index (χ3v) is 4.21. The lowest BCUT2D eigenvalue weighted by Gasteiger charge is -2.38. The molecule has 0 unspecified atom stereocenters. The Bertz CT molecular complexity index is 844. The van der Waals surface area contributed by atoms with Crippen LogP contribution in [-0.4, -0.2) is 50.9 Å². The van der Waals surface area contributed by atoms with E-state index in [0.717, 1.165) is 9.75 Å². The van der Waals surface area contributed by atoms with E-state index in [1.807, 2.05) is 12.1 Å². The van der Waals surface area contributed by atoms with Crippen molar-refractivity contribution in [3.8, 4) is 10.7 Å². The smallest absolute Gasteiger partial charge is 0.368 e. The largest absolute Gasteiger partial charge is 0.539 e. The normalized spacial score (nSPS) is 14.8. The molecule has 0 aliphatic carbocycles. The number of amidine groups is 1. The van der Waals surface area contributed by atoms with E-state index in [0.29, 0.717) is 11.7 Å². The molecule has 0 saturated carbocycles. The lowest BCUT2D eigenvalue weighted by Crippen LogP contribution is -2.54. The van der Waals surface area contributed by atoms with Crippen molar-refractivity contribution in [2.45, 2.75) is 0 Å². The van der Waals surface area contributed by atoms with Crippen molar-refractivity contribution in [3.63, 3.8) is 0 Å². The lowest BCUT2D eigenvalue weighted by molar-refractivity contribution is -0.748. The SMILES string of the molecule is CN1N=C(c2ccc(-c3nn(C)c(=O)[n+](C)n3)s2)[N-]N(C)C1=O. The van der Waals surface area contributed by atoms with Crippen LogP contribution in [0.25, 0.3) is 16.1 Å². The minimum atomic E-state index is -0.307. The first kappa shape index (κ1) is 15.1. The fourth-order valence-electron chi connectivity index (χ4n) is 1.97. The number of aryl methyl sites for hydroxylation is 2. The molecule has 1 aliphatic rings. The van der Waals surface area contributed by atoms with Gasteiger partial charge in [0.25, 0.3) is 5.82 Å². The van der Waals surface area contributed by atoms with Crippen molar-refractivity contribution in [1.82, 2.24) is 24.9 Å². The van der Waals surface area contributed by atoms with Gasteiger partial charge in [-0.05, 0) is 18.0 Å². The topological polar surface area (TPSA) is 102 Å². The molecule has 0 fully saturated rings. The van der Waals surface area contributed by atoms with Crippen LogP contribution >= 0.6 is 11.3 Å². The van der Waals surface area contributed by atoms with Gasteiger partial charge in [-0.25, -0.2) is 4.79 Å². The lowest BCUT2D eigenvalue weighted by atomic mass is 10.4. The maximum atomic E-state index is 11.6. The molecule has 3 rings (SSSR count). The second-order valence-corrected chi connectivity index (χ2v) is 5.95. The van der Waals surface area contributed by atoms with Crippen LogP contribution in [0.2, 0.25) is 0 Å². The first-order valence-electron chi connectivity index (χ1n) is 6.60. The zero-order valence-corrected chi connectivity index (χ0v) is 13.8. The molecule has 0 saturated heterocycles. The van der Waals surface area contributed by atoms with Crippen LogP contribution in [0.1, 0.15) is 4.88 Å². The monoisotopic (exact) mass is 334 g/mol. The summed E-state index contributed by atoms with van der Waals surface area (Å²) in [5, 5.41) is 14.9. The van der Waals surface area contributed by atoms with Crippen LogP contribution in [0, 0.1) is 0 Å². The molecule has 23 heavy (non-hydrogen) atoms. The minimum Gasteiger partial charge on any atom is -0.368 e. The molecular weight excluding hydrogens is 320 g/mol. The van der Waals surface area contributed by atoms with Gasteiger partial charge in [-0.2, -0.15) is 4.79 Å². The van der Waals surface area contributed by atoms with Crippen LogP contribution < -0.4 is 10.4 Å². The highest BCUT2D eigenvalue weighted by Gasteiger charge is 2.18. The quantitative estimate of drug-likeness (QED) is 0.702. The third-order valence-electron chi connectivity index (χ3n) is 3.13. The zero-order valence-electron chi connectivity index (χ0n) is 13.0. The van der Waals surface area contributed by atoms with Crippen molar-refractivity contribution in [3.05, 3.63) is 32.9 Å². The van der Waals surface area contributed by atoms with Gasteiger partial charge >= 0.3 is 11.7 Å². The Morgan fingerprint density at radius 3 is 2.52 bits per heavy atom. The van der Waals surface area contributed by atoms with Crippen molar-refractivity contribution >= 4 is 23.2 Å². The fourth-order valence-corrected chi connectivity index (χ4v) is 2.83. The van der Waals surface area contributed by atoms with Gasteiger partial charge in [0.1, 0.15) is 14.1 Å². The van der Waals surface area contributed by atoms with Crippen molar-refractivity contribution in [1.29, 1.82) is 0 Å². The van der Waals surface area contributed by atoms with Crippen LogP contribution in [0.4, 0.5) is 4.79 Å². The maximum Gasteiger partial charge on any atom is 0.539 e. The van der Waals surface area contributed by atoms with Gasteiger partial charge < -0.3 is 20.5 Å². The van der Waals surface area contributed by atoms with Crippen LogP contribution in [0.5, 0.6) is 0 Å². The van der Waals surface area contributed by atoms with Gasteiger partial charge in [0.05, 0.1) is 4.88 Å². The number of hydrazone groups is 1. The molecule has 0 atom stereocenters. The maximum absolute atomic E-state index is 11.6. The van der Waals surface area contributed by atoms with Gasteiger partial charge in [-0.15, -0.1) is 11.3 Å². The Hall–Kier alpha value is -2.82. The Labute approximate surface area is 135 Å². The van der Waals surface area contributed by atoms with Crippen LogP contribution in [0.15, 0.2) is 22.0 Å².